The molecule has 1 saturated carbocycles. The summed E-state index contributed by atoms with van der Waals surface area (Å²) in [4.78, 5) is 2.12. The molecule has 3 rings (SSSR count). The molecule has 0 heterocycles. The van der Waals surface area contributed by atoms with Crippen molar-refractivity contribution < 1.29 is 9.84 Å². The largest absolute Gasteiger partial charge is 0.508 e. The fraction of sp³-hybridized carbons (Fsp3) is 0.455. The smallest absolute Gasteiger partial charge is 0.119 e. The van der Waals surface area contributed by atoms with Gasteiger partial charge in [0.1, 0.15) is 18.1 Å². The molecule has 0 aromatic heterocycles. The minimum Gasteiger partial charge on any atom is -0.508 e. The Morgan fingerprint density at radius 1 is 0.960 bits per heavy atom. The molecule has 0 radical (unpaired) electrons. The number of phenolic OH excluding ortho intramolecular Hbond substituents is 1. The summed E-state index contributed by atoms with van der Waals surface area (Å²) in [5.74, 6) is 2.35. The van der Waals surface area contributed by atoms with Gasteiger partial charge in [0.05, 0.1) is 0 Å². The summed E-state index contributed by atoms with van der Waals surface area (Å²) in [6.45, 7) is 1.62. The van der Waals surface area contributed by atoms with E-state index in [1.807, 2.05) is 0 Å². The Morgan fingerprint density at radius 2 is 1.52 bits per heavy atom. The van der Waals surface area contributed by atoms with Gasteiger partial charge in [-0.2, -0.15) is 0 Å². The predicted molar refractivity (Wildman–Crippen MR) is 102 cm³/mol. The van der Waals surface area contributed by atoms with E-state index in [2.05, 4.69) is 55.4 Å². The summed E-state index contributed by atoms with van der Waals surface area (Å²) >= 11 is 0. The number of hydrogen-bond donors (Lipinski definition) is 1. The standard InChI is InChI=1S/C22H29NO2/c1-23(2)15-16-25-21-13-9-19(10-14-21)22(17-5-3-4-6-17)18-7-11-20(24)12-8-18/h7-14,17,22,24H,3-6,15-16H2,1-2H3. The maximum absolute atomic E-state index is 9.61. The summed E-state index contributed by atoms with van der Waals surface area (Å²) in [6, 6.07) is 16.3. The monoisotopic (exact) mass is 339 g/mol. The van der Waals surface area contributed by atoms with E-state index in [0.29, 0.717) is 24.2 Å². The zero-order chi connectivity index (χ0) is 17.6. The van der Waals surface area contributed by atoms with Crippen LogP contribution in [0.25, 0.3) is 0 Å². The third-order valence-electron chi connectivity index (χ3n) is 5.17. The molecule has 25 heavy (non-hydrogen) atoms. The molecule has 1 aliphatic rings. The molecule has 1 unspecified atom stereocenters. The number of phenols is 1. The molecule has 2 aromatic carbocycles. The van der Waals surface area contributed by atoms with Crippen LogP contribution in [0.3, 0.4) is 0 Å². The van der Waals surface area contributed by atoms with E-state index in [0.717, 1.165) is 12.3 Å². The van der Waals surface area contributed by atoms with Crippen molar-refractivity contribution in [3.63, 3.8) is 0 Å². The topological polar surface area (TPSA) is 32.7 Å². The molecule has 0 aliphatic heterocycles. The quantitative estimate of drug-likeness (QED) is 0.797. The molecule has 3 nitrogen and oxygen atoms in total. The Balaban J connectivity index is 1.77. The number of rotatable bonds is 7. The van der Waals surface area contributed by atoms with Gasteiger partial charge in [0.15, 0.2) is 0 Å². The van der Waals surface area contributed by atoms with Crippen LogP contribution in [0.2, 0.25) is 0 Å². The molecule has 0 spiro atoms. The van der Waals surface area contributed by atoms with Crippen molar-refractivity contribution in [1.82, 2.24) is 4.90 Å². The van der Waals surface area contributed by atoms with Crippen molar-refractivity contribution >= 4 is 0 Å². The number of hydrogen-bond acceptors (Lipinski definition) is 3. The first-order valence-electron chi connectivity index (χ1n) is 9.30. The lowest BCUT2D eigenvalue weighted by Gasteiger charge is -2.25. The molecule has 1 aliphatic carbocycles. The molecule has 2 aromatic rings. The second-order valence-electron chi connectivity index (χ2n) is 7.33. The second-order valence-corrected chi connectivity index (χ2v) is 7.33. The van der Waals surface area contributed by atoms with Crippen molar-refractivity contribution in [2.75, 3.05) is 27.2 Å². The minimum atomic E-state index is 0.332. The minimum absolute atomic E-state index is 0.332. The van der Waals surface area contributed by atoms with Crippen LogP contribution in [0.15, 0.2) is 48.5 Å². The lowest BCUT2D eigenvalue weighted by molar-refractivity contribution is 0.261. The van der Waals surface area contributed by atoms with E-state index in [1.165, 1.54) is 36.8 Å². The number of ether oxygens (including phenoxy) is 1. The average molecular weight is 339 g/mol. The lowest BCUT2D eigenvalue weighted by atomic mass is 9.80. The Bertz CT molecular complexity index is 643. The van der Waals surface area contributed by atoms with E-state index in [-0.39, 0.29) is 0 Å². The van der Waals surface area contributed by atoms with Crippen LogP contribution >= 0.6 is 0 Å². The van der Waals surface area contributed by atoms with Gasteiger partial charge in [-0.05, 0) is 68.2 Å². The van der Waals surface area contributed by atoms with E-state index >= 15 is 0 Å². The Kier molecular flexibility index (Phi) is 5.98. The molecule has 134 valence electrons. The van der Waals surface area contributed by atoms with Crippen LogP contribution in [0.4, 0.5) is 0 Å². The van der Waals surface area contributed by atoms with Gasteiger partial charge < -0.3 is 14.7 Å². The fourth-order valence-electron chi connectivity index (χ4n) is 3.83. The third-order valence-corrected chi connectivity index (χ3v) is 5.17. The zero-order valence-electron chi connectivity index (χ0n) is 15.3. The highest BCUT2D eigenvalue weighted by molar-refractivity contribution is 5.38. The highest BCUT2D eigenvalue weighted by Gasteiger charge is 2.27. The van der Waals surface area contributed by atoms with Crippen LogP contribution in [-0.2, 0) is 0 Å². The maximum atomic E-state index is 9.61. The van der Waals surface area contributed by atoms with Gasteiger partial charge >= 0.3 is 0 Å². The van der Waals surface area contributed by atoms with Crippen molar-refractivity contribution in [2.45, 2.75) is 31.6 Å². The number of aromatic hydroxyl groups is 1. The van der Waals surface area contributed by atoms with E-state index in [9.17, 15) is 5.11 Å². The van der Waals surface area contributed by atoms with Crippen molar-refractivity contribution in [1.29, 1.82) is 0 Å². The van der Waals surface area contributed by atoms with Gasteiger partial charge in [-0.1, -0.05) is 37.1 Å². The number of likely N-dealkylation sites (N-methyl/N-ethyl adjacent to an activating group) is 1. The van der Waals surface area contributed by atoms with Gasteiger partial charge in [0, 0.05) is 12.5 Å². The van der Waals surface area contributed by atoms with Crippen LogP contribution in [0.5, 0.6) is 11.5 Å². The van der Waals surface area contributed by atoms with Crippen LogP contribution in [0.1, 0.15) is 42.7 Å². The number of benzene rings is 2. The molecule has 0 bridgehead atoms. The van der Waals surface area contributed by atoms with Crippen LogP contribution in [0, 0.1) is 5.92 Å². The SMILES string of the molecule is CN(C)CCOc1ccc(C(c2ccc(O)cc2)C2CCCC2)cc1. The van der Waals surface area contributed by atoms with Gasteiger partial charge in [0.25, 0.3) is 0 Å². The molecule has 1 atom stereocenters. The van der Waals surface area contributed by atoms with Gasteiger partial charge in [-0.25, -0.2) is 0 Å². The fourth-order valence-corrected chi connectivity index (χ4v) is 3.83. The summed E-state index contributed by atoms with van der Waals surface area (Å²) in [6.07, 6.45) is 5.22. The van der Waals surface area contributed by atoms with E-state index < -0.39 is 0 Å². The molecule has 1 fully saturated rings. The van der Waals surface area contributed by atoms with E-state index in [1.54, 1.807) is 12.1 Å². The second kappa shape index (κ2) is 8.39. The third kappa shape index (κ3) is 4.76. The zero-order valence-corrected chi connectivity index (χ0v) is 15.3. The van der Waals surface area contributed by atoms with Gasteiger partial charge in [0.2, 0.25) is 0 Å². The first-order valence-corrected chi connectivity index (χ1v) is 9.30. The molecule has 0 saturated heterocycles. The highest BCUT2D eigenvalue weighted by atomic mass is 16.5. The molecule has 3 heteroatoms. The van der Waals surface area contributed by atoms with Crippen LogP contribution < -0.4 is 4.74 Å². The van der Waals surface area contributed by atoms with Crippen molar-refractivity contribution in [3.8, 4) is 11.5 Å². The summed E-state index contributed by atoms with van der Waals surface area (Å²) < 4.78 is 5.82. The predicted octanol–water partition coefficient (Wildman–Crippen LogP) is 4.65. The van der Waals surface area contributed by atoms with E-state index in [4.69, 9.17) is 4.74 Å². The normalized spacial score (nSPS) is 16.3. The summed E-state index contributed by atoms with van der Waals surface area (Å²) in [5.41, 5.74) is 2.64. The molecular weight excluding hydrogens is 310 g/mol. The number of nitrogens with zero attached hydrogens (tertiary/aromatic N) is 1. The molecule has 0 amide bonds. The Labute approximate surface area is 151 Å². The summed E-state index contributed by atoms with van der Waals surface area (Å²) in [5, 5.41) is 9.61. The Morgan fingerprint density at radius 3 is 2.08 bits per heavy atom. The average Bonchev–Trinajstić information content (AvgIpc) is 3.12. The van der Waals surface area contributed by atoms with Crippen molar-refractivity contribution in [2.24, 2.45) is 5.92 Å². The first kappa shape index (κ1) is 17.8. The van der Waals surface area contributed by atoms with Crippen LogP contribution in [-0.4, -0.2) is 37.3 Å². The summed E-state index contributed by atoms with van der Waals surface area (Å²) in [7, 11) is 4.10. The Hall–Kier alpha value is -2.00. The molecular formula is C22H29NO2. The first-order chi connectivity index (χ1) is 12.1. The lowest BCUT2D eigenvalue weighted by Crippen LogP contribution is -2.19. The maximum Gasteiger partial charge on any atom is 0.119 e. The van der Waals surface area contributed by atoms with Gasteiger partial charge in [-0.3, -0.25) is 0 Å². The van der Waals surface area contributed by atoms with Crippen molar-refractivity contribution in [3.05, 3.63) is 59.7 Å². The van der Waals surface area contributed by atoms with Gasteiger partial charge in [-0.15, -0.1) is 0 Å². The molecule has 1 N–H and O–H groups in total. The highest BCUT2D eigenvalue weighted by Crippen LogP contribution is 2.42.